The fourth-order valence-electron chi connectivity index (χ4n) is 1.67. The molecule has 0 fully saturated rings. The number of benzene rings is 1. The predicted molar refractivity (Wildman–Crippen MR) is 72.4 cm³/mol. The molecule has 0 aromatic heterocycles. The number of carbonyl (C=O) groups is 2. The first-order valence-electron chi connectivity index (χ1n) is 5.61. The van der Waals surface area contributed by atoms with E-state index in [-0.39, 0.29) is 11.8 Å². The zero-order chi connectivity index (χ0) is 13.0. The van der Waals surface area contributed by atoms with Crippen molar-refractivity contribution in [1.82, 2.24) is 0 Å². The first-order chi connectivity index (χ1) is 8.72. The molecule has 3 nitrogen and oxygen atoms in total. The Balaban J connectivity index is 2.13. The normalized spacial score (nSPS) is 15.1. The quantitative estimate of drug-likeness (QED) is 0.617. The Labute approximate surface area is 110 Å². The molecule has 0 atom stereocenters. The highest BCUT2D eigenvalue weighted by atomic mass is 35.5. The Kier molecular flexibility index (Phi) is 3.95. The van der Waals surface area contributed by atoms with Crippen LogP contribution in [0.4, 0.5) is 5.69 Å². The van der Waals surface area contributed by atoms with Crippen molar-refractivity contribution in [2.75, 3.05) is 10.8 Å². The molecule has 0 radical (unpaired) electrons. The summed E-state index contributed by atoms with van der Waals surface area (Å²) in [5, 5.41) is 0. The van der Waals surface area contributed by atoms with Crippen LogP contribution in [0.2, 0.25) is 0 Å². The molecular weight excluding hydrogens is 250 g/mol. The molecule has 1 aromatic carbocycles. The van der Waals surface area contributed by atoms with Crippen LogP contribution in [0.5, 0.6) is 0 Å². The zero-order valence-electron chi connectivity index (χ0n) is 9.67. The van der Waals surface area contributed by atoms with Crippen LogP contribution in [0.3, 0.4) is 0 Å². The third kappa shape index (κ3) is 2.68. The number of halogens is 1. The lowest BCUT2D eigenvalue weighted by molar-refractivity contribution is -0.119. The SMILES string of the molecule is O=C1C=CC(=O)N1c1ccc(C=CCCCl)cc1. The summed E-state index contributed by atoms with van der Waals surface area (Å²) in [7, 11) is 0. The summed E-state index contributed by atoms with van der Waals surface area (Å²) in [6.45, 7) is 0. The van der Waals surface area contributed by atoms with E-state index in [4.69, 9.17) is 11.6 Å². The van der Waals surface area contributed by atoms with Gasteiger partial charge in [0.05, 0.1) is 5.69 Å². The van der Waals surface area contributed by atoms with Gasteiger partial charge in [-0.05, 0) is 24.1 Å². The van der Waals surface area contributed by atoms with E-state index in [1.165, 1.54) is 12.2 Å². The van der Waals surface area contributed by atoms with Crippen molar-refractivity contribution in [1.29, 1.82) is 0 Å². The Morgan fingerprint density at radius 3 is 2.22 bits per heavy atom. The minimum Gasteiger partial charge on any atom is -0.269 e. The summed E-state index contributed by atoms with van der Waals surface area (Å²) >= 11 is 5.57. The number of allylic oxidation sites excluding steroid dienone is 1. The van der Waals surface area contributed by atoms with Crippen molar-refractivity contribution in [2.45, 2.75) is 6.42 Å². The van der Waals surface area contributed by atoms with E-state index in [1.54, 1.807) is 12.1 Å². The van der Waals surface area contributed by atoms with Gasteiger partial charge in [0.2, 0.25) is 0 Å². The Morgan fingerprint density at radius 2 is 1.67 bits per heavy atom. The van der Waals surface area contributed by atoms with Crippen LogP contribution in [-0.4, -0.2) is 17.7 Å². The maximum atomic E-state index is 11.5. The molecule has 92 valence electrons. The monoisotopic (exact) mass is 261 g/mol. The average molecular weight is 262 g/mol. The number of rotatable bonds is 4. The second-order valence-electron chi connectivity index (χ2n) is 3.82. The first-order valence-corrected chi connectivity index (χ1v) is 6.14. The number of carbonyl (C=O) groups excluding carboxylic acids is 2. The largest absolute Gasteiger partial charge is 0.269 e. The third-order valence-electron chi connectivity index (χ3n) is 2.55. The molecule has 0 spiro atoms. The standard InChI is InChI=1S/C14H12ClNO2/c15-10-2-1-3-11-4-6-12(7-5-11)16-13(17)8-9-14(16)18/h1,3-9H,2,10H2. The van der Waals surface area contributed by atoms with Crippen molar-refractivity contribution in [2.24, 2.45) is 0 Å². The van der Waals surface area contributed by atoms with Gasteiger partial charge in [-0.25, -0.2) is 4.90 Å². The molecule has 0 bridgehead atoms. The second kappa shape index (κ2) is 5.65. The van der Waals surface area contributed by atoms with Crippen molar-refractivity contribution < 1.29 is 9.59 Å². The lowest BCUT2D eigenvalue weighted by atomic mass is 10.1. The molecule has 1 aliphatic rings. The zero-order valence-corrected chi connectivity index (χ0v) is 10.4. The summed E-state index contributed by atoms with van der Waals surface area (Å²) in [5.74, 6) is -0.00677. The number of alkyl halides is 1. The van der Waals surface area contributed by atoms with Crippen LogP contribution < -0.4 is 4.90 Å². The number of hydrogen-bond acceptors (Lipinski definition) is 2. The molecule has 0 N–H and O–H groups in total. The molecule has 0 aliphatic carbocycles. The maximum absolute atomic E-state index is 11.5. The molecule has 2 amide bonds. The fraction of sp³-hybridized carbons (Fsp3) is 0.143. The van der Waals surface area contributed by atoms with E-state index in [9.17, 15) is 9.59 Å². The minimum atomic E-state index is -0.301. The minimum absolute atomic E-state index is 0.301. The number of imide groups is 1. The molecule has 1 aromatic rings. The van der Waals surface area contributed by atoms with Gasteiger partial charge in [0, 0.05) is 18.0 Å². The van der Waals surface area contributed by atoms with Gasteiger partial charge in [0.1, 0.15) is 0 Å². The van der Waals surface area contributed by atoms with Crippen LogP contribution in [-0.2, 0) is 9.59 Å². The van der Waals surface area contributed by atoms with E-state index >= 15 is 0 Å². The Morgan fingerprint density at radius 1 is 1.06 bits per heavy atom. The summed E-state index contributed by atoms with van der Waals surface area (Å²) in [5.41, 5.74) is 1.60. The van der Waals surface area contributed by atoms with Crippen LogP contribution in [0, 0.1) is 0 Å². The lowest BCUT2D eigenvalue weighted by Gasteiger charge is -2.13. The second-order valence-corrected chi connectivity index (χ2v) is 4.19. The smallest absolute Gasteiger partial charge is 0.258 e. The van der Waals surface area contributed by atoms with Crippen molar-refractivity contribution in [3.05, 3.63) is 48.1 Å². The highest BCUT2D eigenvalue weighted by Crippen LogP contribution is 2.19. The van der Waals surface area contributed by atoms with E-state index in [2.05, 4.69) is 0 Å². The molecule has 18 heavy (non-hydrogen) atoms. The van der Waals surface area contributed by atoms with Crippen LogP contribution in [0.1, 0.15) is 12.0 Å². The summed E-state index contributed by atoms with van der Waals surface area (Å²) in [4.78, 5) is 24.1. The van der Waals surface area contributed by atoms with E-state index in [0.717, 1.165) is 16.9 Å². The van der Waals surface area contributed by atoms with Gasteiger partial charge < -0.3 is 0 Å². The molecular formula is C14H12ClNO2. The number of hydrogen-bond donors (Lipinski definition) is 0. The summed E-state index contributed by atoms with van der Waals surface area (Å²) < 4.78 is 0. The average Bonchev–Trinajstić information content (AvgIpc) is 2.71. The van der Waals surface area contributed by atoms with Crippen molar-refractivity contribution >= 4 is 35.2 Å². The topological polar surface area (TPSA) is 37.4 Å². The fourth-order valence-corrected chi connectivity index (χ4v) is 1.80. The van der Waals surface area contributed by atoms with E-state index < -0.39 is 0 Å². The van der Waals surface area contributed by atoms with E-state index in [1.807, 2.05) is 24.3 Å². The summed E-state index contributed by atoms with van der Waals surface area (Å²) in [6.07, 6.45) is 7.30. The van der Waals surface area contributed by atoms with Gasteiger partial charge in [-0.2, -0.15) is 0 Å². The molecule has 1 heterocycles. The molecule has 1 aliphatic heterocycles. The first kappa shape index (κ1) is 12.6. The maximum Gasteiger partial charge on any atom is 0.258 e. The molecule has 0 saturated carbocycles. The Bertz CT molecular complexity index is 499. The van der Waals surface area contributed by atoms with Gasteiger partial charge in [-0.1, -0.05) is 24.3 Å². The van der Waals surface area contributed by atoms with Gasteiger partial charge in [0.25, 0.3) is 11.8 Å². The van der Waals surface area contributed by atoms with Gasteiger partial charge in [0.15, 0.2) is 0 Å². The molecule has 0 saturated heterocycles. The van der Waals surface area contributed by atoms with Crippen LogP contribution >= 0.6 is 11.6 Å². The predicted octanol–water partition coefficient (Wildman–Crippen LogP) is 2.76. The van der Waals surface area contributed by atoms with Crippen LogP contribution in [0.15, 0.2) is 42.5 Å². The van der Waals surface area contributed by atoms with Crippen molar-refractivity contribution in [3.8, 4) is 0 Å². The van der Waals surface area contributed by atoms with Gasteiger partial charge in [-0.15, -0.1) is 11.6 Å². The third-order valence-corrected chi connectivity index (χ3v) is 2.76. The van der Waals surface area contributed by atoms with Crippen LogP contribution in [0.25, 0.3) is 6.08 Å². The Hall–Kier alpha value is -1.87. The molecule has 2 rings (SSSR count). The van der Waals surface area contributed by atoms with E-state index in [0.29, 0.717) is 11.6 Å². The number of amides is 2. The number of anilines is 1. The highest BCUT2D eigenvalue weighted by Gasteiger charge is 2.24. The summed E-state index contributed by atoms with van der Waals surface area (Å²) in [6, 6.07) is 7.23. The molecule has 0 unspecified atom stereocenters. The van der Waals surface area contributed by atoms with Crippen molar-refractivity contribution in [3.63, 3.8) is 0 Å². The highest BCUT2D eigenvalue weighted by molar-refractivity contribution is 6.28. The van der Waals surface area contributed by atoms with Gasteiger partial charge >= 0.3 is 0 Å². The van der Waals surface area contributed by atoms with Gasteiger partial charge in [-0.3, -0.25) is 9.59 Å². The lowest BCUT2D eigenvalue weighted by Crippen LogP contribution is -2.29. The number of nitrogens with zero attached hydrogens (tertiary/aromatic N) is 1. The molecule has 4 heteroatoms.